The number of carbonyl (C=O) groups is 1. The largest absolute Gasteiger partial charge is 0.381 e. The van der Waals surface area contributed by atoms with Crippen LogP contribution in [0.4, 0.5) is 0 Å². The number of nitrogens with one attached hydrogen (secondary N) is 1. The maximum atomic E-state index is 12.1. The molecule has 1 aliphatic rings. The minimum Gasteiger partial charge on any atom is -0.381 e. The van der Waals surface area contributed by atoms with E-state index in [4.69, 9.17) is 10.5 Å². The highest BCUT2D eigenvalue weighted by Crippen LogP contribution is 2.15. The van der Waals surface area contributed by atoms with Crippen molar-refractivity contribution in [2.45, 2.75) is 19.8 Å². The molecule has 0 bridgehead atoms. The topological polar surface area (TPSA) is 64.3 Å². The second kappa shape index (κ2) is 7.82. The summed E-state index contributed by atoms with van der Waals surface area (Å²) in [6.45, 7) is 4.66. The van der Waals surface area contributed by atoms with Crippen molar-refractivity contribution in [1.82, 2.24) is 5.32 Å². The first-order chi connectivity index (χ1) is 10.2. The van der Waals surface area contributed by atoms with Gasteiger partial charge in [-0.05, 0) is 49.4 Å². The normalized spacial score (nSPS) is 17.1. The summed E-state index contributed by atoms with van der Waals surface area (Å²) >= 11 is 0. The van der Waals surface area contributed by atoms with Crippen molar-refractivity contribution in [3.05, 3.63) is 34.9 Å². The number of benzene rings is 1. The molecule has 1 amide bonds. The Hall–Kier alpha value is -1.83. The van der Waals surface area contributed by atoms with Crippen molar-refractivity contribution in [3.63, 3.8) is 0 Å². The first-order valence-corrected chi connectivity index (χ1v) is 7.36. The molecule has 1 heterocycles. The standard InChI is InChI=1S/C17H22N2O2/c1-13-11-16(5-4-15(13)3-2-8-18)17(20)19-9-6-14-7-10-21-12-14/h4-5,11,14H,6-10,12,18H2,1H3,(H,19,20). The van der Waals surface area contributed by atoms with Crippen LogP contribution in [0.15, 0.2) is 18.2 Å². The fourth-order valence-corrected chi connectivity index (χ4v) is 2.39. The first-order valence-electron chi connectivity index (χ1n) is 7.36. The third kappa shape index (κ3) is 4.59. The highest BCUT2D eigenvalue weighted by Gasteiger charge is 2.15. The fourth-order valence-electron chi connectivity index (χ4n) is 2.39. The van der Waals surface area contributed by atoms with E-state index in [-0.39, 0.29) is 5.91 Å². The molecular formula is C17H22N2O2. The van der Waals surface area contributed by atoms with Crippen LogP contribution < -0.4 is 11.1 Å². The molecule has 1 unspecified atom stereocenters. The zero-order valence-electron chi connectivity index (χ0n) is 12.4. The Balaban J connectivity index is 1.88. The molecule has 112 valence electrons. The molecule has 4 nitrogen and oxygen atoms in total. The Morgan fingerprint density at radius 3 is 3.05 bits per heavy atom. The van der Waals surface area contributed by atoms with Gasteiger partial charge >= 0.3 is 0 Å². The van der Waals surface area contributed by atoms with E-state index >= 15 is 0 Å². The predicted molar refractivity (Wildman–Crippen MR) is 83.0 cm³/mol. The second-order valence-corrected chi connectivity index (χ2v) is 5.31. The van der Waals surface area contributed by atoms with Gasteiger partial charge in [0.1, 0.15) is 0 Å². The van der Waals surface area contributed by atoms with Crippen molar-refractivity contribution in [1.29, 1.82) is 0 Å². The number of rotatable bonds is 4. The van der Waals surface area contributed by atoms with Crippen molar-refractivity contribution < 1.29 is 9.53 Å². The Kier molecular flexibility index (Phi) is 5.79. The molecule has 0 spiro atoms. The van der Waals surface area contributed by atoms with E-state index in [0.29, 0.717) is 24.6 Å². The lowest BCUT2D eigenvalue weighted by molar-refractivity contribution is 0.0950. The van der Waals surface area contributed by atoms with E-state index in [1.165, 1.54) is 0 Å². The van der Waals surface area contributed by atoms with Crippen molar-refractivity contribution in [3.8, 4) is 11.8 Å². The van der Waals surface area contributed by atoms with Crippen LogP contribution in [0, 0.1) is 24.7 Å². The molecular weight excluding hydrogens is 264 g/mol. The summed E-state index contributed by atoms with van der Waals surface area (Å²) in [6.07, 6.45) is 2.08. The summed E-state index contributed by atoms with van der Waals surface area (Å²) in [4.78, 5) is 12.1. The first kappa shape index (κ1) is 15.6. The van der Waals surface area contributed by atoms with Crippen LogP contribution in [-0.2, 0) is 4.74 Å². The van der Waals surface area contributed by atoms with Crippen LogP contribution in [-0.4, -0.2) is 32.2 Å². The average Bonchev–Trinajstić information content (AvgIpc) is 2.99. The van der Waals surface area contributed by atoms with Crippen LogP contribution in [0.25, 0.3) is 0 Å². The molecule has 0 radical (unpaired) electrons. The molecule has 1 aromatic rings. The second-order valence-electron chi connectivity index (χ2n) is 5.31. The summed E-state index contributed by atoms with van der Waals surface area (Å²) in [7, 11) is 0. The van der Waals surface area contributed by atoms with Crippen LogP contribution >= 0.6 is 0 Å². The van der Waals surface area contributed by atoms with Gasteiger partial charge in [0.2, 0.25) is 0 Å². The smallest absolute Gasteiger partial charge is 0.251 e. The zero-order valence-corrected chi connectivity index (χ0v) is 12.4. The number of amides is 1. The SMILES string of the molecule is Cc1cc(C(=O)NCCC2CCOC2)ccc1C#CCN. The minimum absolute atomic E-state index is 0.0321. The molecule has 1 fully saturated rings. The Labute approximate surface area is 126 Å². The monoisotopic (exact) mass is 286 g/mol. The van der Waals surface area contributed by atoms with Gasteiger partial charge in [-0.1, -0.05) is 11.8 Å². The van der Waals surface area contributed by atoms with E-state index in [9.17, 15) is 4.79 Å². The molecule has 0 saturated carbocycles. The highest BCUT2D eigenvalue weighted by atomic mass is 16.5. The van der Waals surface area contributed by atoms with E-state index < -0.39 is 0 Å². The van der Waals surface area contributed by atoms with Crippen molar-refractivity contribution in [2.75, 3.05) is 26.3 Å². The summed E-state index contributed by atoms with van der Waals surface area (Å²) in [5, 5.41) is 2.97. The molecule has 4 heteroatoms. The van der Waals surface area contributed by atoms with Crippen molar-refractivity contribution in [2.24, 2.45) is 11.7 Å². The lowest BCUT2D eigenvalue weighted by Crippen LogP contribution is -2.26. The van der Waals surface area contributed by atoms with Gasteiger partial charge in [0.15, 0.2) is 0 Å². The molecule has 21 heavy (non-hydrogen) atoms. The molecule has 1 aromatic carbocycles. The number of hydrogen-bond acceptors (Lipinski definition) is 3. The quantitative estimate of drug-likeness (QED) is 0.824. The maximum Gasteiger partial charge on any atom is 0.251 e. The van der Waals surface area contributed by atoms with Crippen molar-refractivity contribution >= 4 is 5.91 Å². The minimum atomic E-state index is -0.0321. The highest BCUT2D eigenvalue weighted by molar-refractivity contribution is 5.94. The van der Waals surface area contributed by atoms with E-state index in [2.05, 4.69) is 17.2 Å². The Morgan fingerprint density at radius 1 is 1.52 bits per heavy atom. The summed E-state index contributed by atoms with van der Waals surface area (Å²) in [6, 6.07) is 5.55. The Bertz CT molecular complexity index is 552. The van der Waals surface area contributed by atoms with Crippen LogP contribution in [0.1, 0.15) is 34.3 Å². The number of aryl methyl sites for hydroxylation is 1. The van der Waals surface area contributed by atoms with E-state index in [1.807, 2.05) is 25.1 Å². The predicted octanol–water partition coefficient (Wildman–Crippen LogP) is 1.46. The number of nitrogens with two attached hydrogens (primary N) is 1. The number of hydrogen-bond donors (Lipinski definition) is 2. The third-order valence-electron chi connectivity index (χ3n) is 3.68. The Morgan fingerprint density at radius 2 is 2.38 bits per heavy atom. The molecule has 0 aliphatic carbocycles. The van der Waals surface area contributed by atoms with Gasteiger partial charge in [-0.2, -0.15) is 0 Å². The number of ether oxygens (including phenoxy) is 1. The molecule has 1 atom stereocenters. The van der Waals surface area contributed by atoms with E-state index in [1.54, 1.807) is 0 Å². The van der Waals surface area contributed by atoms with Crippen LogP contribution in [0.5, 0.6) is 0 Å². The van der Waals surface area contributed by atoms with Gasteiger partial charge in [-0.3, -0.25) is 4.79 Å². The van der Waals surface area contributed by atoms with Crippen LogP contribution in [0.2, 0.25) is 0 Å². The lowest BCUT2D eigenvalue weighted by atomic mass is 10.0. The maximum absolute atomic E-state index is 12.1. The van der Waals surface area contributed by atoms with Gasteiger partial charge < -0.3 is 15.8 Å². The van der Waals surface area contributed by atoms with Gasteiger partial charge in [0.25, 0.3) is 5.91 Å². The molecule has 3 N–H and O–H groups in total. The molecule has 0 aromatic heterocycles. The summed E-state index contributed by atoms with van der Waals surface area (Å²) < 4.78 is 5.33. The zero-order chi connectivity index (χ0) is 15.1. The number of carbonyl (C=O) groups excluding carboxylic acids is 1. The average molecular weight is 286 g/mol. The van der Waals surface area contributed by atoms with Crippen LogP contribution in [0.3, 0.4) is 0 Å². The molecule has 1 saturated heterocycles. The van der Waals surface area contributed by atoms with Gasteiger partial charge in [-0.25, -0.2) is 0 Å². The summed E-state index contributed by atoms with van der Waals surface area (Å²) in [5.74, 6) is 6.38. The van der Waals surface area contributed by atoms with E-state index in [0.717, 1.165) is 37.2 Å². The van der Waals surface area contributed by atoms with Gasteiger partial charge in [0.05, 0.1) is 6.54 Å². The fraction of sp³-hybridized carbons (Fsp3) is 0.471. The lowest BCUT2D eigenvalue weighted by Gasteiger charge is -2.09. The summed E-state index contributed by atoms with van der Waals surface area (Å²) in [5.41, 5.74) is 7.95. The van der Waals surface area contributed by atoms with Gasteiger partial charge in [-0.15, -0.1) is 0 Å². The molecule has 2 rings (SSSR count). The molecule has 1 aliphatic heterocycles. The third-order valence-corrected chi connectivity index (χ3v) is 3.68. The van der Waals surface area contributed by atoms with Gasteiger partial charge in [0, 0.05) is 30.9 Å².